The summed E-state index contributed by atoms with van der Waals surface area (Å²) in [5.74, 6) is 0.840. The molecule has 1 saturated heterocycles. The molecular weight excluding hydrogens is 162 g/mol. The van der Waals surface area contributed by atoms with Crippen LogP contribution in [-0.4, -0.2) is 23.6 Å². The van der Waals surface area contributed by atoms with Crippen molar-refractivity contribution >= 4 is 0 Å². The minimum absolute atomic E-state index is 0.117. The summed E-state index contributed by atoms with van der Waals surface area (Å²) in [5, 5.41) is 0. The molecule has 0 aromatic rings. The topological polar surface area (TPSA) is 12.5 Å². The van der Waals surface area contributed by atoms with Crippen LogP contribution in [0.15, 0.2) is 12.5 Å². The second kappa shape index (κ2) is 4.03. The predicted molar refractivity (Wildman–Crippen MR) is 55.4 cm³/mol. The molecule has 0 radical (unpaired) electrons. The summed E-state index contributed by atoms with van der Waals surface area (Å²) in [6, 6.07) is 0. The Morgan fingerprint density at radius 2 is 1.69 bits per heavy atom. The first kappa shape index (κ1) is 10.4. The van der Waals surface area contributed by atoms with E-state index in [-0.39, 0.29) is 5.60 Å². The van der Waals surface area contributed by atoms with E-state index in [0.29, 0.717) is 0 Å². The van der Waals surface area contributed by atoms with Crippen molar-refractivity contribution in [1.82, 2.24) is 4.90 Å². The lowest BCUT2D eigenvalue weighted by atomic mass is 10.1. The van der Waals surface area contributed by atoms with E-state index in [0.717, 1.165) is 19.0 Å². The summed E-state index contributed by atoms with van der Waals surface area (Å²) in [4.78, 5) is 2.24. The Hall–Kier alpha value is -0.660. The first-order valence-electron chi connectivity index (χ1n) is 5.12. The van der Waals surface area contributed by atoms with Crippen LogP contribution in [0.25, 0.3) is 0 Å². The van der Waals surface area contributed by atoms with Crippen LogP contribution in [0, 0.1) is 0 Å². The van der Waals surface area contributed by atoms with Gasteiger partial charge in [-0.25, -0.2) is 0 Å². The van der Waals surface area contributed by atoms with Crippen molar-refractivity contribution in [2.24, 2.45) is 0 Å². The molecule has 0 bridgehead atoms. The van der Waals surface area contributed by atoms with Crippen molar-refractivity contribution in [2.75, 3.05) is 13.1 Å². The molecule has 0 aromatic carbocycles. The highest BCUT2D eigenvalue weighted by atomic mass is 16.5. The van der Waals surface area contributed by atoms with Gasteiger partial charge < -0.3 is 9.64 Å². The Morgan fingerprint density at radius 3 is 2.15 bits per heavy atom. The zero-order valence-electron chi connectivity index (χ0n) is 9.10. The van der Waals surface area contributed by atoms with Crippen LogP contribution >= 0.6 is 0 Å². The Kier molecular flexibility index (Phi) is 3.23. The second-order valence-corrected chi connectivity index (χ2v) is 4.66. The van der Waals surface area contributed by atoms with Crippen LogP contribution in [-0.2, 0) is 4.74 Å². The highest BCUT2D eigenvalue weighted by Crippen LogP contribution is 2.19. The number of hydrogen-bond donors (Lipinski definition) is 0. The van der Waals surface area contributed by atoms with Gasteiger partial charge in [-0.2, -0.15) is 0 Å². The maximum absolute atomic E-state index is 5.71. The second-order valence-electron chi connectivity index (χ2n) is 4.66. The zero-order valence-corrected chi connectivity index (χ0v) is 9.10. The molecule has 0 unspecified atom stereocenters. The Balaban J connectivity index is 2.38. The van der Waals surface area contributed by atoms with E-state index in [9.17, 15) is 0 Å². The first-order valence-corrected chi connectivity index (χ1v) is 5.12. The Labute approximate surface area is 81.6 Å². The van der Waals surface area contributed by atoms with Crippen LogP contribution in [0.2, 0.25) is 0 Å². The maximum atomic E-state index is 5.71. The van der Waals surface area contributed by atoms with Crippen molar-refractivity contribution in [2.45, 2.75) is 45.6 Å². The molecule has 0 aromatic heterocycles. The average Bonchev–Trinajstić information content (AvgIpc) is 2.03. The molecule has 2 heteroatoms. The third-order valence-corrected chi connectivity index (χ3v) is 2.13. The molecule has 2 nitrogen and oxygen atoms in total. The van der Waals surface area contributed by atoms with Gasteiger partial charge in [-0.05, 0) is 46.6 Å². The normalized spacial score (nSPS) is 18.5. The summed E-state index contributed by atoms with van der Waals surface area (Å²) in [6.45, 7) is 12.4. The van der Waals surface area contributed by atoms with Crippen LogP contribution in [0.3, 0.4) is 0 Å². The Bertz CT molecular complexity index is 175. The predicted octanol–water partition coefficient (Wildman–Crippen LogP) is 2.76. The largest absolute Gasteiger partial charge is 0.474 e. The van der Waals surface area contributed by atoms with E-state index < -0.39 is 0 Å². The molecule has 1 aliphatic heterocycles. The van der Waals surface area contributed by atoms with E-state index in [1.165, 1.54) is 19.3 Å². The van der Waals surface area contributed by atoms with E-state index in [1.807, 2.05) is 0 Å². The fourth-order valence-electron chi connectivity index (χ4n) is 1.56. The summed E-state index contributed by atoms with van der Waals surface area (Å²) >= 11 is 0. The smallest absolute Gasteiger partial charge is 0.182 e. The van der Waals surface area contributed by atoms with Crippen LogP contribution in [0.5, 0.6) is 0 Å². The van der Waals surface area contributed by atoms with Gasteiger partial charge in [0.25, 0.3) is 0 Å². The SMILES string of the molecule is C=C(OC(C)(C)C)N1CCCCC1. The van der Waals surface area contributed by atoms with Crippen molar-refractivity contribution in [1.29, 1.82) is 0 Å². The van der Waals surface area contributed by atoms with Crippen LogP contribution in [0.1, 0.15) is 40.0 Å². The van der Waals surface area contributed by atoms with Gasteiger partial charge in [0.15, 0.2) is 5.88 Å². The summed E-state index contributed by atoms with van der Waals surface area (Å²) in [7, 11) is 0. The molecule has 0 saturated carbocycles. The lowest BCUT2D eigenvalue weighted by molar-refractivity contribution is -0.00155. The molecule has 0 N–H and O–H groups in total. The molecule has 1 heterocycles. The molecule has 1 aliphatic rings. The van der Waals surface area contributed by atoms with Gasteiger partial charge in [-0.3, -0.25) is 0 Å². The van der Waals surface area contributed by atoms with Gasteiger partial charge in [-0.1, -0.05) is 0 Å². The number of nitrogens with zero attached hydrogens (tertiary/aromatic N) is 1. The minimum atomic E-state index is -0.117. The third-order valence-electron chi connectivity index (χ3n) is 2.13. The highest BCUT2D eigenvalue weighted by Gasteiger charge is 2.18. The van der Waals surface area contributed by atoms with Crippen molar-refractivity contribution in [3.8, 4) is 0 Å². The molecule has 1 rings (SSSR count). The molecular formula is C11H21NO. The third kappa shape index (κ3) is 3.71. The molecule has 0 aliphatic carbocycles. The monoisotopic (exact) mass is 183 g/mol. The fraction of sp³-hybridized carbons (Fsp3) is 0.818. The lowest BCUT2D eigenvalue weighted by Crippen LogP contribution is -2.33. The van der Waals surface area contributed by atoms with E-state index in [4.69, 9.17) is 4.74 Å². The molecule has 1 fully saturated rings. The number of hydrogen-bond acceptors (Lipinski definition) is 2. The van der Waals surface area contributed by atoms with Crippen LogP contribution in [0.4, 0.5) is 0 Å². The van der Waals surface area contributed by atoms with E-state index in [1.54, 1.807) is 0 Å². The number of rotatable bonds is 2. The van der Waals surface area contributed by atoms with Gasteiger partial charge in [0.05, 0.1) is 0 Å². The zero-order chi connectivity index (χ0) is 9.90. The van der Waals surface area contributed by atoms with Gasteiger partial charge in [-0.15, -0.1) is 0 Å². The van der Waals surface area contributed by atoms with E-state index >= 15 is 0 Å². The summed E-state index contributed by atoms with van der Waals surface area (Å²) < 4.78 is 5.71. The van der Waals surface area contributed by atoms with Crippen molar-refractivity contribution in [3.05, 3.63) is 12.5 Å². The van der Waals surface area contributed by atoms with Crippen LogP contribution < -0.4 is 0 Å². The highest BCUT2D eigenvalue weighted by molar-refractivity contribution is 4.87. The molecule has 76 valence electrons. The van der Waals surface area contributed by atoms with Gasteiger partial charge in [0.1, 0.15) is 5.60 Å². The minimum Gasteiger partial charge on any atom is -0.474 e. The molecule has 0 atom stereocenters. The van der Waals surface area contributed by atoms with Crippen molar-refractivity contribution in [3.63, 3.8) is 0 Å². The summed E-state index contributed by atoms with van der Waals surface area (Å²) in [6.07, 6.45) is 3.89. The van der Waals surface area contributed by atoms with E-state index in [2.05, 4.69) is 32.3 Å². The molecule has 13 heavy (non-hydrogen) atoms. The first-order chi connectivity index (χ1) is 5.99. The molecule has 0 amide bonds. The lowest BCUT2D eigenvalue weighted by Gasteiger charge is -2.33. The number of piperidine rings is 1. The number of ether oxygens (including phenoxy) is 1. The van der Waals surface area contributed by atoms with Crippen molar-refractivity contribution < 1.29 is 4.74 Å². The fourth-order valence-corrected chi connectivity index (χ4v) is 1.56. The standard InChI is InChI=1S/C11H21NO/c1-10(13-11(2,3)4)12-8-6-5-7-9-12/h1,5-9H2,2-4H3. The van der Waals surface area contributed by atoms with Gasteiger partial charge in [0.2, 0.25) is 0 Å². The maximum Gasteiger partial charge on any atom is 0.182 e. The quantitative estimate of drug-likeness (QED) is 0.610. The number of likely N-dealkylation sites (tertiary alicyclic amines) is 1. The average molecular weight is 183 g/mol. The Morgan fingerprint density at radius 1 is 1.15 bits per heavy atom. The molecule has 0 spiro atoms. The summed E-state index contributed by atoms with van der Waals surface area (Å²) in [5.41, 5.74) is -0.117. The van der Waals surface area contributed by atoms with Gasteiger partial charge >= 0.3 is 0 Å². The van der Waals surface area contributed by atoms with Gasteiger partial charge in [0, 0.05) is 13.1 Å².